The quantitative estimate of drug-likeness (QED) is 0.614. The van der Waals surface area contributed by atoms with Gasteiger partial charge in [0.2, 0.25) is 0 Å². The van der Waals surface area contributed by atoms with Gasteiger partial charge in [0.1, 0.15) is 17.3 Å². The van der Waals surface area contributed by atoms with Crippen LogP contribution < -0.4 is 10.2 Å². The molecule has 3 aromatic rings. The Bertz CT molecular complexity index is 1150. The molecule has 0 saturated carbocycles. The Morgan fingerprint density at radius 1 is 0.833 bits per heavy atom. The normalized spacial score (nSPS) is 13.9. The molecular formula is C24H18F2N2O2. The van der Waals surface area contributed by atoms with Crippen molar-refractivity contribution >= 4 is 28.8 Å². The van der Waals surface area contributed by atoms with E-state index in [1.165, 1.54) is 42.5 Å². The van der Waals surface area contributed by atoms with Crippen molar-refractivity contribution in [1.82, 2.24) is 0 Å². The van der Waals surface area contributed by atoms with Crippen LogP contribution in [-0.4, -0.2) is 11.8 Å². The number of aryl methyl sites for hydroxylation is 1. The lowest BCUT2D eigenvalue weighted by molar-refractivity contribution is -0.120. The summed E-state index contributed by atoms with van der Waals surface area (Å²) in [5.41, 5.74) is 2.43. The molecule has 0 saturated heterocycles. The van der Waals surface area contributed by atoms with Gasteiger partial charge in [0.15, 0.2) is 0 Å². The second kappa shape index (κ2) is 7.91. The lowest BCUT2D eigenvalue weighted by Crippen LogP contribution is -2.32. The van der Waals surface area contributed by atoms with Crippen molar-refractivity contribution < 1.29 is 18.4 Å². The highest BCUT2D eigenvalue weighted by molar-refractivity contribution is 6.46. The summed E-state index contributed by atoms with van der Waals surface area (Å²) in [4.78, 5) is 27.3. The predicted molar refractivity (Wildman–Crippen MR) is 112 cm³/mol. The van der Waals surface area contributed by atoms with Crippen molar-refractivity contribution in [3.8, 4) is 0 Å². The van der Waals surface area contributed by atoms with E-state index in [9.17, 15) is 18.4 Å². The Morgan fingerprint density at radius 2 is 1.53 bits per heavy atom. The van der Waals surface area contributed by atoms with Crippen LogP contribution >= 0.6 is 0 Å². The van der Waals surface area contributed by atoms with Gasteiger partial charge in [0.05, 0.1) is 11.3 Å². The van der Waals surface area contributed by atoms with Gasteiger partial charge in [-0.05, 0) is 60.0 Å². The molecule has 0 fully saturated rings. The molecule has 2 amide bonds. The van der Waals surface area contributed by atoms with E-state index >= 15 is 0 Å². The van der Waals surface area contributed by atoms with E-state index in [-0.39, 0.29) is 17.0 Å². The number of imide groups is 1. The third-order valence-electron chi connectivity index (χ3n) is 4.91. The smallest absolute Gasteiger partial charge is 0.282 e. The van der Waals surface area contributed by atoms with Crippen LogP contribution in [0.15, 0.2) is 78.5 Å². The molecule has 1 aliphatic heterocycles. The molecule has 0 spiro atoms. The van der Waals surface area contributed by atoms with Crippen LogP contribution in [0.4, 0.5) is 20.2 Å². The number of rotatable bonds is 5. The third kappa shape index (κ3) is 3.59. The average molecular weight is 404 g/mol. The number of nitrogens with one attached hydrogen (secondary N) is 1. The zero-order valence-electron chi connectivity index (χ0n) is 16.2. The van der Waals surface area contributed by atoms with E-state index in [2.05, 4.69) is 5.32 Å². The summed E-state index contributed by atoms with van der Waals surface area (Å²) in [6, 6.07) is 18.1. The zero-order valence-corrected chi connectivity index (χ0v) is 16.2. The largest absolute Gasteiger partial charge is 0.350 e. The number of hydrogen-bond donors (Lipinski definition) is 1. The Hall–Kier alpha value is -3.80. The van der Waals surface area contributed by atoms with E-state index in [1.807, 2.05) is 31.2 Å². The predicted octanol–water partition coefficient (Wildman–Crippen LogP) is 4.92. The molecule has 0 atom stereocenters. The Labute approximate surface area is 172 Å². The first kappa shape index (κ1) is 19.5. The van der Waals surface area contributed by atoms with Gasteiger partial charge in [-0.15, -0.1) is 0 Å². The van der Waals surface area contributed by atoms with Crippen LogP contribution in [0.25, 0.3) is 5.57 Å². The van der Waals surface area contributed by atoms with Gasteiger partial charge >= 0.3 is 0 Å². The van der Waals surface area contributed by atoms with E-state index in [4.69, 9.17) is 0 Å². The minimum absolute atomic E-state index is 0.0557. The van der Waals surface area contributed by atoms with Crippen LogP contribution in [0.3, 0.4) is 0 Å². The van der Waals surface area contributed by atoms with Crippen LogP contribution in [0.1, 0.15) is 18.1 Å². The van der Waals surface area contributed by atoms with Gasteiger partial charge in [-0.1, -0.05) is 37.3 Å². The van der Waals surface area contributed by atoms with E-state index in [0.29, 0.717) is 11.3 Å². The minimum atomic E-state index is -0.607. The number of carbonyl (C=O) groups is 2. The summed E-state index contributed by atoms with van der Waals surface area (Å²) < 4.78 is 27.1. The fraction of sp³-hybridized carbons (Fsp3) is 0.0833. The maximum atomic E-state index is 13.7. The fourth-order valence-electron chi connectivity index (χ4n) is 3.35. The maximum Gasteiger partial charge on any atom is 0.282 e. The van der Waals surface area contributed by atoms with E-state index in [1.54, 1.807) is 0 Å². The number of halogens is 2. The van der Waals surface area contributed by atoms with Crippen LogP contribution in [-0.2, 0) is 16.0 Å². The monoisotopic (exact) mass is 404 g/mol. The maximum absolute atomic E-state index is 13.7. The molecule has 4 nitrogen and oxygen atoms in total. The van der Waals surface area contributed by atoms with Gasteiger partial charge in [-0.2, -0.15) is 0 Å². The highest BCUT2D eigenvalue weighted by Gasteiger charge is 2.40. The number of amides is 2. The molecule has 0 unspecified atom stereocenters. The van der Waals surface area contributed by atoms with Crippen molar-refractivity contribution in [3.63, 3.8) is 0 Å². The summed E-state index contributed by atoms with van der Waals surface area (Å²) in [6.45, 7) is 2.04. The fourth-order valence-corrected chi connectivity index (χ4v) is 3.35. The number of anilines is 2. The van der Waals surface area contributed by atoms with Crippen LogP contribution in [0.5, 0.6) is 0 Å². The van der Waals surface area contributed by atoms with Crippen LogP contribution in [0.2, 0.25) is 0 Å². The molecule has 1 N–H and O–H groups in total. The Kier molecular flexibility index (Phi) is 5.14. The van der Waals surface area contributed by atoms with Crippen molar-refractivity contribution in [1.29, 1.82) is 0 Å². The second-order valence-corrected chi connectivity index (χ2v) is 6.86. The molecule has 1 heterocycles. The van der Waals surface area contributed by atoms with Crippen molar-refractivity contribution in [2.45, 2.75) is 13.3 Å². The Morgan fingerprint density at radius 3 is 2.17 bits per heavy atom. The molecule has 0 aromatic heterocycles. The topological polar surface area (TPSA) is 49.4 Å². The summed E-state index contributed by atoms with van der Waals surface area (Å²) in [5, 5.41) is 3.03. The number of hydrogen-bond acceptors (Lipinski definition) is 3. The molecule has 150 valence electrons. The molecule has 1 aliphatic rings. The highest BCUT2D eigenvalue weighted by atomic mass is 19.1. The van der Waals surface area contributed by atoms with Crippen molar-refractivity contribution in [3.05, 3.63) is 101 Å². The van der Waals surface area contributed by atoms with Gasteiger partial charge in [0, 0.05) is 5.69 Å². The number of carbonyl (C=O) groups excluding carboxylic acids is 2. The molecule has 0 radical (unpaired) electrons. The summed E-state index contributed by atoms with van der Waals surface area (Å²) in [5.74, 6) is -2.23. The molecule has 0 aliphatic carbocycles. The molecule has 0 bridgehead atoms. The summed E-state index contributed by atoms with van der Waals surface area (Å²) >= 11 is 0. The minimum Gasteiger partial charge on any atom is -0.350 e. The highest BCUT2D eigenvalue weighted by Crippen LogP contribution is 2.34. The standard InChI is InChI=1S/C24H18F2N2O2/c1-2-15-6-12-19(13-7-15)27-22-21(16-8-10-17(25)11-9-16)23(29)28(24(22)30)20-5-3-4-18(26)14-20/h3-14,27H,2H2,1H3. The molecule has 4 rings (SSSR count). The van der Waals surface area contributed by atoms with Gasteiger partial charge in [-0.25, -0.2) is 13.7 Å². The van der Waals surface area contributed by atoms with Gasteiger partial charge in [0.25, 0.3) is 11.8 Å². The van der Waals surface area contributed by atoms with Crippen molar-refractivity contribution in [2.75, 3.05) is 10.2 Å². The molecule has 30 heavy (non-hydrogen) atoms. The van der Waals surface area contributed by atoms with Crippen LogP contribution in [0, 0.1) is 11.6 Å². The zero-order chi connectivity index (χ0) is 21.3. The first-order chi connectivity index (χ1) is 14.5. The van der Waals surface area contributed by atoms with E-state index in [0.717, 1.165) is 23.0 Å². The van der Waals surface area contributed by atoms with Crippen molar-refractivity contribution in [2.24, 2.45) is 0 Å². The van der Waals surface area contributed by atoms with Gasteiger partial charge in [-0.3, -0.25) is 9.59 Å². The lowest BCUT2D eigenvalue weighted by Gasteiger charge is -2.15. The summed E-state index contributed by atoms with van der Waals surface area (Å²) in [6.07, 6.45) is 0.870. The van der Waals surface area contributed by atoms with E-state index < -0.39 is 23.4 Å². The average Bonchev–Trinajstić information content (AvgIpc) is 2.99. The molecule has 3 aromatic carbocycles. The number of nitrogens with zero attached hydrogens (tertiary/aromatic N) is 1. The SMILES string of the molecule is CCc1ccc(NC2=C(c3ccc(F)cc3)C(=O)N(c3cccc(F)c3)C2=O)cc1. The first-order valence-corrected chi connectivity index (χ1v) is 9.48. The second-order valence-electron chi connectivity index (χ2n) is 6.86. The first-order valence-electron chi connectivity index (χ1n) is 9.48. The summed E-state index contributed by atoms with van der Waals surface area (Å²) in [7, 11) is 0. The lowest BCUT2D eigenvalue weighted by atomic mass is 10.0. The third-order valence-corrected chi connectivity index (χ3v) is 4.91. The number of benzene rings is 3. The molecular weight excluding hydrogens is 386 g/mol. The Balaban J connectivity index is 1.80. The van der Waals surface area contributed by atoms with Gasteiger partial charge < -0.3 is 5.32 Å². The molecule has 6 heteroatoms.